The highest BCUT2D eigenvalue weighted by Crippen LogP contribution is 2.58. The maximum atomic E-state index is 12.1. The van der Waals surface area contributed by atoms with Crippen LogP contribution < -0.4 is 9.05 Å². The zero-order chi connectivity index (χ0) is 22.8. The lowest BCUT2D eigenvalue weighted by molar-refractivity contribution is -0.665. The third-order valence-electron chi connectivity index (χ3n) is 6.05. The Kier molecular flexibility index (Phi) is 5.16. The summed E-state index contributed by atoms with van der Waals surface area (Å²) in [5, 5.41) is 10.4. The van der Waals surface area contributed by atoms with Gasteiger partial charge in [0.2, 0.25) is 5.52 Å². The summed E-state index contributed by atoms with van der Waals surface area (Å²) in [4.78, 5) is 12.3. The van der Waals surface area contributed by atoms with Crippen molar-refractivity contribution in [2.75, 3.05) is 6.54 Å². The van der Waals surface area contributed by atoms with Crippen molar-refractivity contribution in [3.63, 3.8) is 0 Å². The highest BCUT2D eigenvalue weighted by atomic mass is 35.5. The molecule has 7 nitrogen and oxygen atoms in total. The third kappa shape index (κ3) is 3.20. The molecule has 2 unspecified atom stereocenters. The van der Waals surface area contributed by atoms with E-state index in [1.54, 1.807) is 30.3 Å². The molecule has 2 aliphatic rings. The standard InChI is InChI=1S/C21H17ClN2O5S3/c1-2-23-14-9-12(21(25)26)3-5-16(14)30-18(23)11-19-24(8-7-20(24)32(27,28)29)15-10-13(22)4-6-17(15)31-19/h3-6,9-11,20H,2,7-8H2,1H3/p+1. The molecule has 1 fully saturated rings. The molecule has 1 saturated heterocycles. The number of aromatic carboxylic acids is 1. The number of halogens is 1. The zero-order valence-corrected chi connectivity index (χ0v) is 20.0. The van der Waals surface area contributed by atoms with Crippen LogP contribution in [0.4, 0.5) is 5.69 Å². The average molecular weight is 510 g/mol. The molecule has 32 heavy (non-hydrogen) atoms. The van der Waals surface area contributed by atoms with Gasteiger partial charge in [0, 0.05) is 17.2 Å². The van der Waals surface area contributed by atoms with E-state index < -0.39 is 21.5 Å². The molecule has 11 heteroatoms. The quantitative estimate of drug-likeness (QED) is 0.321. The zero-order valence-electron chi connectivity index (χ0n) is 16.8. The number of hydrogen-bond acceptors (Lipinski definition) is 6. The molecule has 166 valence electrons. The van der Waals surface area contributed by atoms with E-state index in [9.17, 15) is 22.9 Å². The van der Waals surface area contributed by atoms with Gasteiger partial charge in [-0.2, -0.15) is 4.57 Å². The topological polar surface area (TPSA) is 98.4 Å². The van der Waals surface area contributed by atoms with Crippen molar-refractivity contribution < 1.29 is 27.4 Å². The van der Waals surface area contributed by atoms with Crippen LogP contribution in [0.3, 0.4) is 0 Å². The van der Waals surface area contributed by atoms with E-state index >= 15 is 0 Å². The smallest absolute Gasteiger partial charge is 0.335 e. The van der Waals surface area contributed by atoms with Crippen LogP contribution in [0.2, 0.25) is 5.02 Å². The van der Waals surface area contributed by atoms with Gasteiger partial charge >= 0.3 is 5.97 Å². The number of aromatic nitrogens is 1. The normalized spacial score (nSPS) is 23.6. The van der Waals surface area contributed by atoms with Gasteiger partial charge in [-0.1, -0.05) is 22.9 Å². The summed E-state index contributed by atoms with van der Waals surface area (Å²) in [7, 11) is -4.54. The molecular formula is C21H18ClN2O5S3+. The minimum Gasteiger partial charge on any atom is -0.743 e. The number of thioether (sulfide) groups is 1. The monoisotopic (exact) mass is 509 g/mol. The molecule has 1 spiro atoms. The van der Waals surface area contributed by atoms with E-state index in [2.05, 4.69) is 0 Å². The van der Waals surface area contributed by atoms with Crippen molar-refractivity contribution in [2.45, 2.75) is 30.2 Å². The molecule has 0 aliphatic carbocycles. The second-order valence-corrected chi connectivity index (χ2v) is 11.8. The van der Waals surface area contributed by atoms with E-state index in [1.165, 1.54) is 23.1 Å². The van der Waals surface area contributed by atoms with E-state index in [4.69, 9.17) is 11.6 Å². The molecule has 0 saturated carbocycles. The van der Waals surface area contributed by atoms with Crippen LogP contribution in [0, 0.1) is 0 Å². The number of carbonyl (C=O) groups is 1. The number of carboxylic acids is 1. The van der Waals surface area contributed by atoms with Crippen molar-refractivity contribution in [1.82, 2.24) is 4.48 Å². The molecule has 0 radical (unpaired) electrons. The Hall–Kier alpha value is -1.95. The molecule has 2 atom stereocenters. The predicted octanol–water partition coefficient (Wildman–Crippen LogP) is 4.25. The van der Waals surface area contributed by atoms with Crippen molar-refractivity contribution in [3.8, 4) is 0 Å². The highest BCUT2D eigenvalue weighted by molar-refractivity contribution is 8.03. The summed E-state index contributed by atoms with van der Waals surface area (Å²) >= 11 is 9.18. The lowest BCUT2D eigenvalue weighted by atomic mass is 10.1. The number of carboxylic acid groups (broad SMARTS) is 1. The number of thiazole rings is 1. The molecule has 3 aromatic rings. The average Bonchev–Trinajstić information content (AvgIpc) is 3.20. The molecular weight excluding hydrogens is 492 g/mol. The van der Waals surface area contributed by atoms with Crippen LogP contribution in [0.1, 0.15) is 28.7 Å². The molecule has 1 N–H and O–H groups in total. The number of aryl methyl sites for hydroxylation is 1. The number of hydrogen-bond donors (Lipinski definition) is 1. The summed E-state index contributed by atoms with van der Waals surface area (Å²) < 4.78 is 39.3. The van der Waals surface area contributed by atoms with Gasteiger partial charge < -0.3 is 9.66 Å². The van der Waals surface area contributed by atoms with Crippen LogP contribution in [0.5, 0.6) is 0 Å². The lowest BCUT2D eigenvalue weighted by Gasteiger charge is -2.49. The molecule has 1 aromatic heterocycles. The predicted molar refractivity (Wildman–Crippen MR) is 125 cm³/mol. The van der Waals surface area contributed by atoms with Crippen LogP contribution in [0.15, 0.2) is 46.3 Å². The summed E-state index contributed by atoms with van der Waals surface area (Å²) in [6, 6.07) is 10.4. The van der Waals surface area contributed by atoms with E-state index in [-0.39, 0.29) is 16.5 Å². The third-order valence-corrected chi connectivity index (χ3v) is 9.88. The van der Waals surface area contributed by atoms with Crippen molar-refractivity contribution in [1.29, 1.82) is 0 Å². The van der Waals surface area contributed by atoms with Gasteiger partial charge in [-0.15, -0.1) is 0 Å². The Morgan fingerprint density at radius 1 is 1.34 bits per heavy atom. The van der Waals surface area contributed by atoms with Gasteiger partial charge in [-0.05, 0) is 43.0 Å². The van der Waals surface area contributed by atoms with Crippen molar-refractivity contribution >= 4 is 72.8 Å². The SMILES string of the molecule is CC[n+]1c(C=C2Sc3ccc(Cl)cc3[N+]23CCC3S(=O)(=O)[O-])sc2ccc(C(=O)O)cc21. The summed E-state index contributed by atoms with van der Waals surface area (Å²) in [6.45, 7) is 3.07. The Bertz CT molecular complexity index is 1430. The summed E-state index contributed by atoms with van der Waals surface area (Å²) in [5.74, 6) is -0.993. The maximum Gasteiger partial charge on any atom is 0.335 e. The minimum absolute atomic E-state index is 0.0370. The van der Waals surface area contributed by atoms with E-state index in [0.29, 0.717) is 18.1 Å². The number of rotatable bonds is 4. The first-order valence-corrected chi connectivity index (χ1v) is 13.4. The van der Waals surface area contributed by atoms with Gasteiger partial charge in [-0.3, -0.25) is 0 Å². The fourth-order valence-corrected chi connectivity index (χ4v) is 8.46. The first kappa shape index (κ1) is 21.9. The highest BCUT2D eigenvalue weighted by Gasteiger charge is 2.59. The second-order valence-electron chi connectivity index (χ2n) is 7.70. The van der Waals surface area contributed by atoms with Gasteiger partial charge in [0.25, 0.3) is 5.01 Å². The number of quaternary nitrogens is 1. The molecule has 5 rings (SSSR count). The first-order chi connectivity index (χ1) is 15.1. The van der Waals surface area contributed by atoms with Crippen molar-refractivity contribution in [2.24, 2.45) is 0 Å². The number of benzene rings is 2. The van der Waals surface area contributed by atoms with Gasteiger partial charge in [-0.25, -0.2) is 17.7 Å². The van der Waals surface area contributed by atoms with E-state index in [1.807, 2.05) is 23.6 Å². The Morgan fingerprint density at radius 2 is 2.12 bits per heavy atom. The van der Waals surface area contributed by atoms with Gasteiger partial charge in [0.05, 0.1) is 29.5 Å². The molecule has 2 aliphatic heterocycles. The largest absolute Gasteiger partial charge is 0.743 e. The Morgan fingerprint density at radius 3 is 2.75 bits per heavy atom. The summed E-state index contributed by atoms with van der Waals surface area (Å²) in [5.41, 5.74) is 1.75. The van der Waals surface area contributed by atoms with Crippen LogP contribution in [-0.4, -0.2) is 36.0 Å². The summed E-state index contributed by atoms with van der Waals surface area (Å²) in [6.07, 6.45) is 2.22. The molecule has 3 heterocycles. The maximum absolute atomic E-state index is 12.1. The minimum atomic E-state index is -4.54. The Balaban J connectivity index is 1.71. The van der Waals surface area contributed by atoms with Crippen LogP contribution in [0.25, 0.3) is 16.3 Å². The molecule has 2 aromatic carbocycles. The number of fused-ring (bicyclic) bond motifs is 3. The van der Waals surface area contributed by atoms with Crippen LogP contribution >= 0.6 is 34.7 Å². The van der Waals surface area contributed by atoms with Gasteiger partial charge in [0.1, 0.15) is 11.2 Å². The second kappa shape index (κ2) is 7.54. The fourth-order valence-electron chi connectivity index (χ4n) is 4.50. The lowest BCUT2D eigenvalue weighted by Crippen LogP contribution is -2.66. The van der Waals surface area contributed by atoms with Crippen molar-refractivity contribution in [3.05, 3.63) is 57.0 Å². The fraction of sp³-hybridized carbons (Fsp3) is 0.238. The van der Waals surface area contributed by atoms with E-state index in [0.717, 1.165) is 30.8 Å². The Labute approximate surface area is 197 Å². The van der Waals surface area contributed by atoms with Crippen LogP contribution in [-0.2, 0) is 16.7 Å². The molecule has 0 bridgehead atoms. The van der Waals surface area contributed by atoms with Gasteiger partial charge in [0.15, 0.2) is 26.2 Å². The molecule has 0 amide bonds. The number of nitrogens with zero attached hydrogens (tertiary/aromatic N) is 2. The first-order valence-electron chi connectivity index (χ1n) is 9.87.